The lowest BCUT2D eigenvalue weighted by molar-refractivity contribution is -0.137. The summed E-state index contributed by atoms with van der Waals surface area (Å²) in [5.74, 6) is 5.11. The zero-order chi connectivity index (χ0) is 23.6. The normalized spacial score (nSPS) is 10.5. The molecule has 0 aromatic heterocycles. The second-order valence-electron chi connectivity index (χ2n) is 6.37. The predicted molar refractivity (Wildman–Crippen MR) is 112 cm³/mol. The van der Waals surface area contributed by atoms with Crippen LogP contribution in [0.15, 0.2) is 42.5 Å². The Morgan fingerprint density at radius 3 is 2.38 bits per heavy atom. The third-order valence-electron chi connectivity index (χ3n) is 4.01. The predicted octanol–water partition coefficient (Wildman–Crippen LogP) is 3.40. The van der Waals surface area contributed by atoms with Crippen LogP contribution in [-0.2, 0) is 11.0 Å². The maximum absolute atomic E-state index is 12.7. The van der Waals surface area contributed by atoms with Crippen molar-refractivity contribution >= 4 is 11.8 Å². The largest absolute Gasteiger partial charge is 0.490 e. The van der Waals surface area contributed by atoms with E-state index in [4.69, 9.17) is 9.47 Å². The van der Waals surface area contributed by atoms with E-state index in [2.05, 4.69) is 22.5 Å². The average Bonchev–Trinajstić information content (AvgIpc) is 2.76. The fourth-order valence-corrected chi connectivity index (χ4v) is 2.58. The molecule has 0 aliphatic carbocycles. The number of hydrogen-bond donors (Lipinski definition) is 2. The van der Waals surface area contributed by atoms with Gasteiger partial charge in [-0.25, -0.2) is 0 Å². The Morgan fingerprint density at radius 1 is 0.969 bits per heavy atom. The van der Waals surface area contributed by atoms with Crippen molar-refractivity contribution in [2.24, 2.45) is 0 Å². The van der Waals surface area contributed by atoms with Gasteiger partial charge < -0.3 is 20.1 Å². The summed E-state index contributed by atoms with van der Waals surface area (Å²) in [4.78, 5) is 24.2. The van der Waals surface area contributed by atoms with Crippen molar-refractivity contribution in [3.05, 3.63) is 59.2 Å². The maximum Gasteiger partial charge on any atom is 0.416 e. The fourth-order valence-electron chi connectivity index (χ4n) is 2.58. The van der Waals surface area contributed by atoms with Crippen LogP contribution in [0.5, 0.6) is 11.5 Å². The number of halogens is 3. The Kier molecular flexibility index (Phi) is 8.95. The molecule has 6 nitrogen and oxygen atoms in total. The molecular weight excluding hydrogens is 425 g/mol. The summed E-state index contributed by atoms with van der Waals surface area (Å²) in [6, 6.07) is 9.30. The first-order valence-corrected chi connectivity index (χ1v) is 9.85. The standard InChI is InChI=1S/C23H23F3N2O4/c1-3-31-19-11-10-17(14-20(19)32-4-2)22(30)28-15-21(29)27-12-6-8-16-7-5-9-18(13-16)23(24,25)26/h5,7,9-11,13-14H,3-4,12,15H2,1-2H3,(H,27,29)(H,28,30). The number of benzene rings is 2. The molecule has 0 aliphatic rings. The van der Waals surface area contributed by atoms with Crippen LogP contribution < -0.4 is 20.1 Å². The lowest BCUT2D eigenvalue weighted by Crippen LogP contribution is -2.37. The summed E-state index contributed by atoms with van der Waals surface area (Å²) in [6.45, 7) is 4.11. The molecule has 0 atom stereocenters. The Morgan fingerprint density at radius 2 is 1.69 bits per heavy atom. The number of alkyl halides is 3. The summed E-state index contributed by atoms with van der Waals surface area (Å²) in [5, 5.41) is 4.95. The zero-order valence-corrected chi connectivity index (χ0v) is 17.6. The van der Waals surface area contributed by atoms with Crippen LogP contribution in [0.4, 0.5) is 13.2 Å². The van der Waals surface area contributed by atoms with Gasteiger partial charge in [-0.1, -0.05) is 17.9 Å². The van der Waals surface area contributed by atoms with Gasteiger partial charge in [-0.3, -0.25) is 9.59 Å². The molecule has 0 saturated heterocycles. The van der Waals surface area contributed by atoms with Gasteiger partial charge in [0.05, 0.1) is 31.9 Å². The summed E-state index contributed by atoms with van der Waals surface area (Å²) in [7, 11) is 0. The monoisotopic (exact) mass is 448 g/mol. The average molecular weight is 448 g/mol. The molecule has 0 heterocycles. The number of ether oxygens (including phenoxy) is 2. The number of nitrogens with one attached hydrogen (secondary N) is 2. The quantitative estimate of drug-likeness (QED) is 0.607. The van der Waals surface area contributed by atoms with Gasteiger partial charge in [0.25, 0.3) is 5.91 Å². The van der Waals surface area contributed by atoms with Gasteiger partial charge in [0.15, 0.2) is 11.5 Å². The third kappa shape index (κ3) is 7.54. The van der Waals surface area contributed by atoms with Gasteiger partial charge in [-0.2, -0.15) is 13.2 Å². The first-order valence-electron chi connectivity index (χ1n) is 9.85. The molecule has 9 heteroatoms. The van der Waals surface area contributed by atoms with Crippen LogP contribution in [0.2, 0.25) is 0 Å². The molecule has 0 spiro atoms. The molecule has 2 N–H and O–H groups in total. The minimum absolute atomic E-state index is 0.0809. The van der Waals surface area contributed by atoms with E-state index in [1.807, 2.05) is 13.8 Å². The number of hydrogen-bond acceptors (Lipinski definition) is 4. The van der Waals surface area contributed by atoms with Crippen molar-refractivity contribution in [2.75, 3.05) is 26.3 Å². The second kappa shape index (κ2) is 11.6. The van der Waals surface area contributed by atoms with Crippen molar-refractivity contribution in [2.45, 2.75) is 20.0 Å². The van der Waals surface area contributed by atoms with Crippen LogP contribution in [-0.4, -0.2) is 38.1 Å². The SMILES string of the molecule is CCOc1ccc(C(=O)NCC(=O)NCC#Cc2cccc(C(F)(F)F)c2)cc1OCC. The molecule has 0 aliphatic heterocycles. The van der Waals surface area contributed by atoms with Gasteiger partial charge >= 0.3 is 6.18 Å². The minimum atomic E-state index is -4.45. The maximum atomic E-state index is 12.7. The van der Waals surface area contributed by atoms with E-state index in [0.29, 0.717) is 30.3 Å². The van der Waals surface area contributed by atoms with Gasteiger partial charge in [-0.15, -0.1) is 0 Å². The second-order valence-corrected chi connectivity index (χ2v) is 6.37. The molecule has 32 heavy (non-hydrogen) atoms. The highest BCUT2D eigenvalue weighted by atomic mass is 19.4. The minimum Gasteiger partial charge on any atom is -0.490 e. The molecule has 0 radical (unpaired) electrons. The highest BCUT2D eigenvalue weighted by molar-refractivity contribution is 5.97. The van der Waals surface area contributed by atoms with Gasteiger partial charge in [-0.05, 0) is 50.2 Å². The molecular formula is C23H23F3N2O4. The Balaban J connectivity index is 1.86. The van der Waals surface area contributed by atoms with Crippen LogP contribution in [0.3, 0.4) is 0 Å². The lowest BCUT2D eigenvalue weighted by Gasteiger charge is -2.12. The molecule has 0 unspecified atom stereocenters. The Hall–Kier alpha value is -3.67. The van der Waals surface area contributed by atoms with Crippen molar-refractivity contribution in [1.82, 2.24) is 10.6 Å². The van der Waals surface area contributed by atoms with Gasteiger partial charge in [0.1, 0.15) is 0 Å². The fraction of sp³-hybridized carbons (Fsp3) is 0.304. The first kappa shape index (κ1) is 24.6. The number of amides is 2. The summed E-state index contributed by atoms with van der Waals surface area (Å²) in [5.41, 5.74) is -0.310. The molecule has 0 bridgehead atoms. The van der Waals surface area contributed by atoms with Crippen molar-refractivity contribution in [3.8, 4) is 23.3 Å². The number of rotatable bonds is 8. The molecule has 2 aromatic rings. The topological polar surface area (TPSA) is 76.7 Å². The first-order chi connectivity index (χ1) is 15.2. The molecule has 2 aromatic carbocycles. The van der Waals surface area contributed by atoms with E-state index in [9.17, 15) is 22.8 Å². The summed E-state index contributed by atoms with van der Waals surface area (Å²) < 4.78 is 49.0. The number of carbonyl (C=O) groups excluding carboxylic acids is 2. The van der Waals surface area contributed by atoms with Crippen LogP contribution in [0.1, 0.15) is 35.3 Å². The van der Waals surface area contributed by atoms with Crippen LogP contribution >= 0.6 is 0 Å². The highest BCUT2D eigenvalue weighted by Gasteiger charge is 2.30. The van der Waals surface area contributed by atoms with Crippen LogP contribution in [0.25, 0.3) is 0 Å². The molecule has 0 saturated carbocycles. The van der Waals surface area contributed by atoms with E-state index >= 15 is 0 Å². The Bertz CT molecular complexity index is 1010. The zero-order valence-electron chi connectivity index (χ0n) is 17.6. The van der Waals surface area contributed by atoms with Crippen molar-refractivity contribution < 1.29 is 32.2 Å². The van der Waals surface area contributed by atoms with E-state index in [0.717, 1.165) is 12.1 Å². The molecule has 170 valence electrons. The van der Waals surface area contributed by atoms with Crippen molar-refractivity contribution in [3.63, 3.8) is 0 Å². The van der Waals surface area contributed by atoms with E-state index in [1.54, 1.807) is 12.1 Å². The van der Waals surface area contributed by atoms with E-state index in [1.165, 1.54) is 18.2 Å². The van der Waals surface area contributed by atoms with E-state index < -0.39 is 23.6 Å². The molecule has 0 fully saturated rings. The summed E-state index contributed by atoms with van der Waals surface area (Å²) >= 11 is 0. The third-order valence-corrected chi connectivity index (χ3v) is 4.01. The van der Waals surface area contributed by atoms with Crippen LogP contribution in [0, 0.1) is 11.8 Å². The van der Waals surface area contributed by atoms with Gasteiger partial charge in [0.2, 0.25) is 5.91 Å². The number of carbonyl (C=O) groups is 2. The van der Waals surface area contributed by atoms with Crippen molar-refractivity contribution in [1.29, 1.82) is 0 Å². The lowest BCUT2D eigenvalue weighted by atomic mass is 10.1. The highest BCUT2D eigenvalue weighted by Crippen LogP contribution is 2.29. The summed E-state index contributed by atoms with van der Waals surface area (Å²) in [6.07, 6.45) is -4.45. The van der Waals surface area contributed by atoms with E-state index in [-0.39, 0.29) is 18.7 Å². The Labute approximate surface area is 184 Å². The smallest absolute Gasteiger partial charge is 0.416 e. The van der Waals surface area contributed by atoms with Gasteiger partial charge in [0, 0.05) is 11.1 Å². The molecule has 2 rings (SSSR count). The molecule has 2 amide bonds.